The van der Waals surface area contributed by atoms with Crippen LogP contribution in [0.15, 0.2) is 59.4 Å². The van der Waals surface area contributed by atoms with Gasteiger partial charge in [0, 0.05) is 17.6 Å². The number of fused-ring (bicyclic) bond motifs is 1. The van der Waals surface area contributed by atoms with Crippen LogP contribution in [0, 0.1) is 11.7 Å². The lowest BCUT2D eigenvalue weighted by Gasteiger charge is -2.17. The lowest BCUT2D eigenvalue weighted by molar-refractivity contribution is -0.123. The number of rotatable bonds is 5. The third kappa shape index (κ3) is 3.38. The van der Waals surface area contributed by atoms with Crippen molar-refractivity contribution in [2.75, 3.05) is 0 Å². The van der Waals surface area contributed by atoms with Gasteiger partial charge in [0.1, 0.15) is 5.82 Å². The second-order valence-corrected chi connectivity index (χ2v) is 6.80. The van der Waals surface area contributed by atoms with Gasteiger partial charge in [0.05, 0.1) is 5.92 Å². The number of pyridine rings is 1. The molecule has 1 unspecified atom stereocenters. The second-order valence-electron chi connectivity index (χ2n) is 6.80. The number of benzene rings is 2. The molecule has 0 spiro atoms. The molecule has 4 nitrogen and oxygen atoms in total. The zero-order valence-electron chi connectivity index (χ0n) is 14.2. The molecule has 3 aromatic rings. The van der Waals surface area contributed by atoms with E-state index in [2.05, 4.69) is 10.3 Å². The maximum atomic E-state index is 13.2. The minimum atomic E-state index is -0.314. The van der Waals surface area contributed by atoms with Crippen molar-refractivity contribution in [3.63, 3.8) is 0 Å². The van der Waals surface area contributed by atoms with Crippen LogP contribution in [0.25, 0.3) is 10.9 Å². The quantitative estimate of drug-likeness (QED) is 0.740. The maximum absolute atomic E-state index is 13.2. The second kappa shape index (κ2) is 6.75. The van der Waals surface area contributed by atoms with E-state index in [-0.39, 0.29) is 35.7 Å². The molecule has 1 atom stereocenters. The molecule has 1 heterocycles. The Labute approximate surface area is 150 Å². The van der Waals surface area contributed by atoms with Gasteiger partial charge in [0.25, 0.3) is 5.56 Å². The van der Waals surface area contributed by atoms with Crippen molar-refractivity contribution in [3.05, 3.63) is 81.9 Å². The summed E-state index contributed by atoms with van der Waals surface area (Å²) in [6.45, 7) is 0.170. The van der Waals surface area contributed by atoms with Crippen LogP contribution in [0.5, 0.6) is 0 Å². The number of halogens is 1. The van der Waals surface area contributed by atoms with Gasteiger partial charge < -0.3 is 10.3 Å². The van der Waals surface area contributed by atoms with Crippen LogP contribution >= 0.6 is 0 Å². The normalized spacial score (nSPS) is 15.0. The molecule has 0 saturated heterocycles. The standard InChI is InChI=1S/C21H19FN2O2/c22-17-9-7-14(8-10-17)19(13-5-6-13)21(26)23-12-16-11-15-3-1-2-4-18(15)24-20(16)25/h1-4,7-11,13,19H,5-6,12H2,(H,23,26)(H,24,25). The molecule has 0 aliphatic heterocycles. The molecule has 1 fully saturated rings. The van der Waals surface area contributed by atoms with Crippen molar-refractivity contribution in [1.29, 1.82) is 0 Å². The van der Waals surface area contributed by atoms with E-state index in [1.54, 1.807) is 18.2 Å². The van der Waals surface area contributed by atoms with E-state index >= 15 is 0 Å². The summed E-state index contributed by atoms with van der Waals surface area (Å²) in [5.74, 6) is -0.441. The average Bonchev–Trinajstić information content (AvgIpc) is 3.47. The van der Waals surface area contributed by atoms with Gasteiger partial charge in [-0.1, -0.05) is 30.3 Å². The SMILES string of the molecule is O=C(NCc1cc2ccccc2[nH]c1=O)C(c1ccc(F)cc1)C1CC1. The van der Waals surface area contributed by atoms with Gasteiger partial charge in [-0.25, -0.2) is 4.39 Å². The molecule has 2 aromatic carbocycles. The minimum Gasteiger partial charge on any atom is -0.351 e. The van der Waals surface area contributed by atoms with Crippen LogP contribution in [0.4, 0.5) is 4.39 Å². The van der Waals surface area contributed by atoms with E-state index in [0.717, 1.165) is 29.3 Å². The van der Waals surface area contributed by atoms with E-state index < -0.39 is 0 Å². The predicted molar refractivity (Wildman–Crippen MR) is 98.3 cm³/mol. The molecular weight excluding hydrogens is 331 g/mol. The van der Waals surface area contributed by atoms with Crippen LogP contribution in [-0.4, -0.2) is 10.9 Å². The van der Waals surface area contributed by atoms with Gasteiger partial charge in [-0.3, -0.25) is 9.59 Å². The van der Waals surface area contributed by atoms with Gasteiger partial charge in [-0.15, -0.1) is 0 Å². The summed E-state index contributed by atoms with van der Waals surface area (Å²) in [5, 5.41) is 3.81. The lowest BCUT2D eigenvalue weighted by atomic mass is 9.93. The van der Waals surface area contributed by atoms with Gasteiger partial charge in [-0.05, 0) is 54.0 Å². The minimum absolute atomic E-state index is 0.119. The van der Waals surface area contributed by atoms with Crippen molar-refractivity contribution in [3.8, 4) is 0 Å². The zero-order chi connectivity index (χ0) is 18.1. The van der Waals surface area contributed by atoms with E-state index in [4.69, 9.17) is 0 Å². The van der Waals surface area contributed by atoms with Crippen LogP contribution in [0.2, 0.25) is 0 Å². The van der Waals surface area contributed by atoms with Crippen molar-refractivity contribution < 1.29 is 9.18 Å². The molecule has 2 N–H and O–H groups in total. The van der Waals surface area contributed by atoms with Crippen molar-refractivity contribution in [2.45, 2.75) is 25.3 Å². The predicted octanol–water partition coefficient (Wildman–Crippen LogP) is 3.48. The Morgan fingerprint density at radius 3 is 2.62 bits per heavy atom. The number of amides is 1. The van der Waals surface area contributed by atoms with Crippen LogP contribution in [0.1, 0.15) is 29.9 Å². The number of hydrogen-bond donors (Lipinski definition) is 2. The van der Waals surface area contributed by atoms with Crippen LogP contribution < -0.4 is 10.9 Å². The smallest absolute Gasteiger partial charge is 0.253 e. The summed E-state index contributed by atoms with van der Waals surface area (Å²) in [4.78, 5) is 27.8. The van der Waals surface area contributed by atoms with Crippen LogP contribution in [0.3, 0.4) is 0 Å². The summed E-state index contributed by atoms with van der Waals surface area (Å²) >= 11 is 0. The molecule has 0 radical (unpaired) electrons. The average molecular weight is 350 g/mol. The number of nitrogens with one attached hydrogen (secondary N) is 2. The number of carbonyl (C=O) groups excluding carboxylic acids is 1. The highest BCUT2D eigenvalue weighted by Gasteiger charge is 2.37. The highest BCUT2D eigenvalue weighted by molar-refractivity contribution is 5.84. The largest absolute Gasteiger partial charge is 0.351 e. The fraction of sp³-hybridized carbons (Fsp3) is 0.238. The number of carbonyl (C=O) groups is 1. The molecule has 26 heavy (non-hydrogen) atoms. The van der Waals surface area contributed by atoms with Crippen molar-refractivity contribution in [1.82, 2.24) is 10.3 Å². The highest BCUT2D eigenvalue weighted by atomic mass is 19.1. The Kier molecular flexibility index (Phi) is 4.29. The first-order chi connectivity index (χ1) is 12.6. The molecule has 132 valence electrons. The number of aromatic nitrogens is 1. The number of hydrogen-bond acceptors (Lipinski definition) is 2. The highest BCUT2D eigenvalue weighted by Crippen LogP contribution is 2.42. The number of aromatic amines is 1. The Morgan fingerprint density at radius 2 is 1.88 bits per heavy atom. The summed E-state index contributed by atoms with van der Waals surface area (Å²) in [6, 6.07) is 15.4. The summed E-state index contributed by atoms with van der Waals surface area (Å²) in [6.07, 6.45) is 1.98. The first-order valence-electron chi connectivity index (χ1n) is 8.76. The van der Waals surface area contributed by atoms with E-state index in [0.29, 0.717) is 5.56 Å². The van der Waals surface area contributed by atoms with Gasteiger partial charge in [0.2, 0.25) is 5.91 Å². The third-order valence-corrected chi connectivity index (χ3v) is 4.89. The van der Waals surface area contributed by atoms with Crippen molar-refractivity contribution in [2.24, 2.45) is 5.92 Å². The van der Waals surface area contributed by atoms with Gasteiger partial charge in [-0.2, -0.15) is 0 Å². The monoisotopic (exact) mass is 350 g/mol. The Bertz CT molecular complexity index is 1010. The molecule has 0 bridgehead atoms. The third-order valence-electron chi connectivity index (χ3n) is 4.89. The first kappa shape index (κ1) is 16.5. The van der Waals surface area contributed by atoms with Gasteiger partial charge in [0.15, 0.2) is 0 Å². The zero-order valence-corrected chi connectivity index (χ0v) is 14.2. The summed E-state index contributed by atoms with van der Waals surface area (Å²) in [7, 11) is 0. The molecular formula is C21H19FN2O2. The first-order valence-corrected chi connectivity index (χ1v) is 8.76. The summed E-state index contributed by atoms with van der Waals surface area (Å²) < 4.78 is 13.2. The molecule has 1 saturated carbocycles. The fourth-order valence-corrected chi connectivity index (χ4v) is 3.35. The molecule has 1 aromatic heterocycles. The van der Waals surface area contributed by atoms with Crippen molar-refractivity contribution >= 4 is 16.8 Å². The Balaban J connectivity index is 1.53. The van der Waals surface area contributed by atoms with Crippen LogP contribution in [-0.2, 0) is 11.3 Å². The molecule has 1 aliphatic carbocycles. The number of para-hydroxylation sites is 1. The summed E-state index contributed by atoms with van der Waals surface area (Å²) in [5.41, 5.74) is 1.91. The molecule has 1 aliphatic rings. The lowest BCUT2D eigenvalue weighted by Crippen LogP contribution is -2.32. The molecule has 4 rings (SSSR count). The number of H-pyrrole nitrogens is 1. The topological polar surface area (TPSA) is 62.0 Å². The molecule has 5 heteroatoms. The van der Waals surface area contributed by atoms with E-state index in [1.807, 2.05) is 24.3 Å². The van der Waals surface area contributed by atoms with E-state index in [1.165, 1.54) is 12.1 Å². The van der Waals surface area contributed by atoms with Gasteiger partial charge >= 0.3 is 0 Å². The Morgan fingerprint density at radius 1 is 1.15 bits per heavy atom. The molecule has 1 amide bonds. The Hall–Kier alpha value is -2.95. The fourth-order valence-electron chi connectivity index (χ4n) is 3.35. The maximum Gasteiger partial charge on any atom is 0.253 e. The van der Waals surface area contributed by atoms with E-state index in [9.17, 15) is 14.0 Å².